The van der Waals surface area contributed by atoms with E-state index < -0.39 is 11.0 Å². The van der Waals surface area contributed by atoms with E-state index in [1.807, 2.05) is 54.0 Å². The molecule has 0 spiro atoms. The minimum Gasteiger partial charge on any atom is -0.387 e. The van der Waals surface area contributed by atoms with E-state index in [1.165, 1.54) is 42.7 Å². The summed E-state index contributed by atoms with van der Waals surface area (Å²) in [5.41, 5.74) is -0.231. The lowest BCUT2D eigenvalue weighted by Gasteiger charge is -2.51. The standard InChI is InChI=1S/C34H48N4O4/c1-25(20-26-10-6-4-7-11-26)31(40)37-17-14-34(42,33(2,3)23-37)24-38-22-29(32(41)36-18-15-35-16-19-36)28(21-30(38)39)27-12-8-5-9-13-27/h5,8-9,12-13,21-22,25-26,35,42H,4,6-7,10-11,14-20,23-24H2,1-3H3/t25?,34-/m0/s1. The Kier molecular flexibility index (Phi) is 9.23. The molecule has 228 valence electrons. The van der Waals surface area contributed by atoms with Gasteiger partial charge in [-0.15, -0.1) is 0 Å². The molecule has 8 heteroatoms. The van der Waals surface area contributed by atoms with Gasteiger partial charge in [0.25, 0.3) is 11.5 Å². The number of piperazine rings is 1. The zero-order valence-corrected chi connectivity index (χ0v) is 25.6. The van der Waals surface area contributed by atoms with Crippen molar-refractivity contribution in [3.8, 4) is 11.1 Å². The maximum atomic E-state index is 13.8. The van der Waals surface area contributed by atoms with Crippen molar-refractivity contribution in [3.63, 3.8) is 0 Å². The summed E-state index contributed by atoms with van der Waals surface area (Å²) in [5.74, 6) is 0.671. The molecule has 2 saturated heterocycles. The highest BCUT2D eigenvalue weighted by Crippen LogP contribution is 2.41. The topological polar surface area (TPSA) is 94.9 Å². The molecule has 2 amide bonds. The summed E-state index contributed by atoms with van der Waals surface area (Å²) in [5, 5.41) is 15.3. The molecule has 2 aliphatic heterocycles. The van der Waals surface area contributed by atoms with Crippen molar-refractivity contribution in [2.24, 2.45) is 17.3 Å². The number of hydrogen-bond acceptors (Lipinski definition) is 5. The Morgan fingerprint density at radius 1 is 1.02 bits per heavy atom. The second-order valence-corrected chi connectivity index (χ2v) is 13.5. The maximum Gasteiger partial charge on any atom is 0.256 e. The van der Waals surface area contributed by atoms with Gasteiger partial charge in [-0.1, -0.05) is 83.2 Å². The third-order valence-corrected chi connectivity index (χ3v) is 10.1. The van der Waals surface area contributed by atoms with Gasteiger partial charge >= 0.3 is 0 Å². The average molecular weight is 577 g/mol. The number of piperidine rings is 1. The van der Waals surface area contributed by atoms with Crippen molar-refractivity contribution in [1.29, 1.82) is 0 Å². The molecule has 1 aliphatic carbocycles. The highest BCUT2D eigenvalue weighted by molar-refractivity contribution is 6.00. The molecule has 1 saturated carbocycles. The van der Waals surface area contributed by atoms with Gasteiger partial charge in [-0.05, 0) is 24.3 Å². The molecule has 1 aromatic carbocycles. The van der Waals surface area contributed by atoms with Gasteiger partial charge < -0.3 is 24.8 Å². The number of carbonyl (C=O) groups is 2. The Morgan fingerprint density at radius 3 is 2.38 bits per heavy atom. The molecule has 1 aromatic heterocycles. The normalized spacial score (nSPS) is 23.9. The molecule has 0 bridgehead atoms. The third-order valence-electron chi connectivity index (χ3n) is 10.1. The summed E-state index contributed by atoms with van der Waals surface area (Å²) < 4.78 is 1.51. The van der Waals surface area contributed by atoms with E-state index in [2.05, 4.69) is 12.2 Å². The molecule has 3 heterocycles. The Balaban J connectivity index is 1.36. The Bertz CT molecular complexity index is 1310. The van der Waals surface area contributed by atoms with Crippen LogP contribution in [0.15, 0.2) is 47.4 Å². The quantitative estimate of drug-likeness (QED) is 0.516. The lowest BCUT2D eigenvalue weighted by atomic mass is 9.69. The molecule has 8 nitrogen and oxygen atoms in total. The molecule has 2 aromatic rings. The maximum absolute atomic E-state index is 13.8. The van der Waals surface area contributed by atoms with Gasteiger partial charge in [0.2, 0.25) is 5.91 Å². The van der Waals surface area contributed by atoms with E-state index in [0.717, 1.165) is 25.1 Å². The summed E-state index contributed by atoms with van der Waals surface area (Å²) in [6.07, 6.45) is 9.24. The van der Waals surface area contributed by atoms with Gasteiger partial charge in [-0.2, -0.15) is 0 Å². The smallest absolute Gasteiger partial charge is 0.256 e. The summed E-state index contributed by atoms with van der Waals surface area (Å²) in [6, 6.07) is 11.1. The second kappa shape index (κ2) is 12.7. The number of nitrogens with zero attached hydrogens (tertiary/aromatic N) is 3. The minimum atomic E-state index is -1.22. The van der Waals surface area contributed by atoms with Gasteiger partial charge in [0.1, 0.15) is 0 Å². The predicted octanol–water partition coefficient (Wildman–Crippen LogP) is 4.16. The number of aliphatic hydroxyl groups is 1. The van der Waals surface area contributed by atoms with Gasteiger partial charge in [0.15, 0.2) is 0 Å². The van der Waals surface area contributed by atoms with Crippen LogP contribution in [0.1, 0.15) is 76.1 Å². The first kappa shape index (κ1) is 30.5. The first-order valence-corrected chi connectivity index (χ1v) is 15.9. The fourth-order valence-electron chi connectivity index (χ4n) is 7.22. The first-order valence-electron chi connectivity index (χ1n) is 15.9. The van der Waals surface area contributed by atoms with E-state index in [9.17, 15) is 19.5 Å². The molecule has 1 unspecified atom stereocenters. The Hall–Kier alpha value is -2.97. The Morgan fingerprint density at radius 2 is 1.71 bits per heavy atom. The van der Waals surface area contributed by atoms with Crippen LogP contribution in [0.5, 0.6) is 0 Å². The van der Waals surface area contributed by atoms with E-state index in [0.29, 0.717) is 49.6 Å². The molecule has 2 N–H and O–H groups in total. The van der Waals surface area contributed by atoms with Crippen LogP contribution in [0, 0.1) is 17.3 Å². The van der Waals surface area contributed by atoms with Crippen molar-refractivity contribution in [1.82, 2.24) is 19.7 Å². The molecular formula is C34H48N4O4. The number of benzene rings is 1. The second-order valence-electron chi connectivity index (χ2n) is 13.5. The van der Waals surface area contributed by atoms with Crippen LogP contribution >= 0.6 is 0 Å². The molecule has 2 atom stereocenters. The lowest BCUT2D eigenvalue weighted by molar-refractivity contribution is -0.157. The van der Waals surface area contributed by atoms with Gasteiger partial charge in [-0.3, -0.25) is 14.4 Å². The number of nitrogens with one attached hydrogen (secondary N) is 1. The number of pyridine rings is 1. The van der Waals surface area contributed by atoms with Crippen LogP contribution in [-0.2, 0) is 11.3 Å². The SMILES string of the molecule is CC(CC1CCCCC1)C(=O)N1CC[C@](O)(Cn2cc(C(=O)N3CCNCC3)c(-c3ccccc3)cc2=O)C(C)(C)C1. The van der Waals surface area contributed by atoms with Crippen LogP contribution in [-0.4, -0.2) is 76.2 Å². The zero-order valence-electron chi connectivity index (χ0n) is 25.6. The highest BCUT2D eigenvalue weighted by atomic mass is 16.3. The van der Waals surface area contributed by atoms with Crippen LogP contribution in [0.4, 0.5) is 0 Å². The fourth-order valence-corrected chi connectivity index (χ4v) is 7.22. The number of hydrogen-bond donors (Lipinski definition) is 2. The third kappa shape index (κ3) is 6.50. The number of amides is 2. The van der Waals surface area contributed by atoms with Crippen LogP contribution in [0.3, 0.4) is 0 Å². The van der Waals surface area contributed by atoms with E-state index in [1.54, 1.807) is 6.20 Å². The minimum absolute atomic E-state index is 0.0261. The zero-order chi connectivity index (χ0) is 29.9. The molecule has 42 heavy (non-hydrogen) atoms. The van der Waals surface area contributed by atoms with Crippen molar-refractivity contribution in [2.45, 2.75) is 77.9 Å². The van der Waals surface area contributed by atoms with E-state index >= 15 is 0 Å². The average Bonchev–Trinajstić information content (AvgIpc) is 3.00. The van der Waals surface area contributed by atoms with Gasteiger partial charge in [0.05, 0.1) is 17.7 Å². The molecule has 3 aliphatic rings. The predicted molar refractivity (Wildman–Crippen MR) is 165 cm³/mol. The molecular weight excluding hydrogens is 528 g/mol. The largest absolute Gasteiger partial charge is 0.387 e. The van der Waals surface area contributed by atoms with Crippen LogP contribution in [0.25, 0.3) is 11.1 Å². The number of rotatable bonds is 7. The monoisotopic (exact) mass is 576 g/mol. The number of likely N-dealkylation sites (tertiary alicyclic amines) is 1. The van der Waals surface area contributed by atoms with Gasteiger partial charge in [-0.25, -0.2) is 0 Å². The molecule has 0 radical (unpaired) electrons. The van der Waals surface area contributed by atoms with Crippen LogP contribution < -0.4 is 10.9 Å². The summed E-state index contributed by atoms with van der Waals surface area (Å²) >= 11 is 0. The van der Waals surface area contributed by atoms with E-state index in [4.69, 9.17) is 0 Å². The van der Waals surface area contributed by atoms with E-state index in [-0.39, 0.29) is 29.8 Å². The molecule has 3 fully saturated rings. The van der Waals surface area contributed by atoms with Crippen molar-refractivity contribution in [3.05, 3.63) is 58.5 Å². The summed E-state index contributed by atoms with van der Waals surface area (Å²) in [6.45, 7) is 9.63. The summed E-state index contributed by atoms with van der Waals surface area (Å²) in [4.78, 5) is 44.5. The van der Waals surface area contributed by atoms with Crippen molar-refractivity contribution < 1.29 is 14.7 Å². The first-order chi connectivity index (χ1) is 20.1. The highest BCUT2D eigenvalue weighted by Gasteiger charge is 2.49. The van der Waals surface area contributed by atoms with Gasteiger partial charge in [0, 0.05) is 68.4 Å². The lowest BCUT2D eigenvalue weighted by Crippen LogP contribution is -2.61. The molecule has 5 rings (SSSR count). The number of aromatic nitrogens is 1. The van der Waals surface area contributed by atoms with Crippen molar-refractivity contribution >= 4 is 11.8 Å². The Labute approximate surface area is 250 Å². The van der Waals surface area contributed by atoms with Crippen LogP contribution in [0.2, 0.25) is 0 Å². The summed E-state index contributed by atoms with van der Waals surface area (Å²) in [7, 11) is 0. The van der Waals surface area contributed by atoms with Crippen molar-refractivity contribution in [2.75, 3.05) is 39.3 Å². The fraction of sp³-hybridized carbons (Fsp3) is 0.618. The number of carbonyl (C=O) groups excluding carboxylic acids is 2.